The number of phosphoric acid groups is 1. The number of amides is 2. The molecule has 184 valence electrons. The van der Waals surface area contributed by atoms with E-state index in [4.69, 9.17) is 28.6 Å². The molecular formula is C17H35N2O11P. The van der Waals surface area contributed by atoms with Crippen LogP contribution in [0.5, 0.6) is 0 Å². The fraction of sp³-hybridized carbons (Fsp3) is 0.882. The summed E-state index contributed by atoms with van der Waals surface area (Å²) >= 11 is 0. The first-order chi connectivity index (χ1) is 14.9. The Labute approximate surface area is 182 Å². The van der Waals surface area contributed by atoms with Gasteiger partial charge in [-0.15, -0.1) is 0 Å². The molecule has 14 heteroatoms. The Balaban J connectivity index is 3.23. The second-order valence-electron chi connectivity index (χ2n) is 5.82. The van der Waals surface area contributed by atoms with Crippen LogP contribution in [0.4, 0.5) is 0 Å². The summed E-state index contributed by atoms with van der Waals surface area (Å²) in [5.41, 5.74) is 0. The van der Waals surface area contributed by atoms with Crippen molar-refractivity contribution >= 4 is 19.6 Å². The zero-order chi connectivity index (χ0) is 23.2. The van der Waals surface area contributed by atoms with Gasteiger partial charge in [0.05, 0.1) is 66.1 Å². The number of phosphoric ester groups is 1. The summed E-state index contributed by atoms with van der Waals surface area (Å²) in [4.78, 5) is 31.2. The van der Waals surface area contributed by atoms with E-state index in [0.29, 0.717) is 59.3 Å². The Morgan fingerprint density at radius 3 is 1.71 bits per heavy atom. The van der Waals surface area contributed by atoms with Crippen LogP contribution < -0.4 is 10.6 Å². The topological polar surface area (TPSA) is 160 Å². The molecule has 0 aliphatic rings. The van der Waals surface area contributed by atoms with E-state index >= 15 is 0 Å². The normalized spacial score (nSPS) is 13.0. The van der Waals surface area contributed by atoms with Gasteiger partial charge in [0.1, 0.15) is 6.61 Å². The molecule has 13 nitrogen and oxygen atoms in total. The first-order valence-electron chi connectivity index (χ1n) is 9.80. The second-order valence-corrected chi connectivity index (χ2v) is 7.38. The van der Waals surface area contributed by atoms with E-state index in [1.165, 1.54) is 6.92 Å². The van der Waals surface area contributed by atoms with Crippen molar-refractivity contribution in [3.8, 4) is 0 Å². The number of carbonyl (C=O) groups excluding carboxylic acids is 2. The molecule has 2 amide bonds. The fourth-order valence-corrected chi connectivity index (χ4v) is 2.21. The molecule has 0 saturated heterocycles. The second kappa shape index (κ2) is 20.7. The maximum atomic E-state index is 11.5. The van der Waals surface area contributed by atoms with Gasteiger partial charge in [0.25, 0.3) is 0 Å². The minimum atomic E-state index is -3.95. The van der Waals surface area contributed by atoms with Crippen molar-refractivity contribution in [2.45, 2.75) is 6.92 Å². The summed E-state index contributed by atoms with van der Waals surface area (Å²) in [7, 11) is -2.87. The molecule has 3 N–H and O–H groups in total. The molecule has 0 fully saturated rings. The lowest BCUT2D eigenvalue weighted by atomic mass is 10.5. The lowest BCUT2D eigenvalue weighted by molar-refractivity contribution is -0.126. The number of carbonyl (C=O) groups is 2. The lowest BCUT2D eigenvalue weighted by Gasteiger charge is -2.10. The van der Waals surface area contributed by atoms with E-state index in [-0.39, 0.29) is 38.2 Å². The van der Waals surface area contributed by atoms with Crippen LogP contribution in [0, 0.1) is 0 Å². The van der Waals surface area contributed by atoms with Gasteiger partial charge in [-0.25, -0.2) is 4.57 Å². The molecule has 0 aromatic rings. The zero-order valence-corrected chi connectivity index (χ0v) is 19.1. The van der Waals surface area contributed by atoms with Gasteiger partial charge < -0.3 is 39.2 Å². The van der Waals surface area contributed by atoms with Crippen molar-refractivity contribution in [2.24, 2.45) is 0 Å². The quantitative estimate of drug-likeness (QED) is 0.132. The SMILES string of the molecule is COP(=O)(O)OCCOCCOCCOCCNC(=O)COCCOCCNC(C)=O. The van der Waals surface area contributed by atoms with Crippen LogP contribution in [0.25, 0.3) is 0 Å². The van der Waals surface area contributed by atoms with Crippen molar-refractivity contribution in [1.82, 2.24) is 10.6 Å². The first kappa shape index (κ1) is 29.9. The Hall–Kier alpha value is -1.15. The lowest BCUT2D eigenvalue weighted by Crippen LogP contribution is -2.31. The van der Waals surface area contributed by atoms with Crippen LogP contribution in [0.2, 0.25) is 0 Å². The largest absolute Gasteiger partial charge is 0.471 e. The number of rotatable bonds is 22. The van der Waals surface area contributed by atoms with Crippen molar-refractivity contribution in [3.63, 3.8) is 0 Å². The molecule has 0 radical (unpaired) electrons. The highest BCUT2D eigenvalue weighted by molar-refractivity contribution is 7.47. The molecule has 0 aliphatic heterocycles. The minimum Gasteiger partial charge on any atom is -0.377 e. The number of hydrogen-bond acceptors (Lipinski definition) is 10. The smallest absolute Gasteiger partial charge is 0.377 e. The van der Waals surface area contributed by atoms with Crippen LogP contribution in [-0.4, -0.2) is 110 Å². The average molecular weight is 474 g/mol. The third kappa shape index (κ3) is 23.3. The highest BCUT2D eigenvalue weighted by atomic mass is 31.2. The molecule has 0 bridgehead atoms. The van der Waals surface area contributed by atoms with Crippen molar-refractivity contribution in [2.75, 3.05) is 92.9 Å². The molecule has 0 saturated carbocycles. The molecule has 0 spiro atoms. The van der Waals surface area contributed by atoms with Crippen molar-refractivity contribution in [3.05, 3.63) is 0 Å². The Kier molecular flexibility index (Phi) is 20.0. The predicted molar refractivity (Wildman–Crippen MR) is 109 cm³/mol. The summed E-state index contributed by atoms with van der Waals surface area (Å²) < 4.78 is 46.0. The van der Waals surface area contributed by atoms with Gasteiger partial charge >= 0.3 is 7.82 Å². The Morgan fingerprint density at radius 2 is 1.19 bits per heavy atom. The van der Waals surface area contributed by atoms with Crippen LogP contribution >= 0.6 is 7.82 Å². The molecule has 0 aromatic heterocycles. The minimum absolute atomic E-state index is 0.0603. The average Bonchev–Trinajstić information content (AvgIpc) is 2.73. The van der Waals surface area contributed by atoms with Gasteiger partial charge in [0, 0.05) is 27.1 Å². The summed E-state index contributed by atoms with van der Waals surface area (Å²) in [6, 6.07) is 0. The van der Waals surface area contributed by atoms with Gasteiger partial charge in [-0.3, -0.25) is 18.6 Å². The highest BCUT2D eigenvalue weighted by Gasteiger charge is 2.17. The number of hydrogen-bond donors (Lipinski definition) is 3. The fourth-order valence-electron chi connectivity index (χ4n) is 1.80. The van der Waals surface area contributed by atoms with E-state index in [2.05, 4.69) is 19.7 Å². The van der Waals surface area contributed by atoms with Crippen LogP contribution in [-0.2, 0) is 46.9 Å². The maximum Gasteiger partial charge on any atom is 0.471 e. The summed E-state index contributed by atoms with van der Waals surface area (Å²) in [6.07, 6.45) is 0. The molecule has 1 atom stereocenters. The molecule has 31 heavy (non-hydrogen) atoms. The van der Waals surface area contributed by atoms with Crippen molar-refractivity contribution in [1.29, 1.82) is 0 Å². The van der Waals surface area contributed by atoms with Crippen LogP contribution in [0.3, 0.4) is 0 Å². The molecule has 0 aromatic carbocycles. The third-order valence-electron chi connectivity index (χ3n) is 3.25. The maximum absolute atomic E-state index is 11.5. The number of ether oxygens (including phenoxy) is 5. The monoisotopic (exact) mass is 474 g/mol. The van der Waals surface area contributed by atoms with E-state index in [1.807, 2.05) is 0 Å². The summed E-state index contributed by atoms with van der Waals surface area (Å²) in [5.74, 6) is -0.356. The Morgan fingerprint density at radius 1 is 0.742 bits per heavy atom. The van der Waals surface area contributed by atoms with E-state index in [1.54, 1.807) is 0 Å². The Bertz CT molecular complexity index is 510. The van der Waals surface area contributed by atoms with Gasteiger partial charge in [-0.1, -0.05) is 0 Å². The number of nitrogens with one attached hydrogen (secondary N) is 2. The molecule has 0 heterocycles. The summed E-state index contributed by atoms with van der Waals surface area (Å²) in [6.45, 7) is 4.99. The van der Waals surface area contributed by atoms with Gasteiger partial charge in [0.15, 0.2) is 0 Å². The van der Waals surface area contributed by atoms with E-state index < -0.39 is 7.82 Å². The standard InChI is InChI=1S/C17H35N2O11P/c1-16(20)18-3-5-25-11-12-29-15-17(21)19-4-6-26-7-8-27-9-10-28-13-14-30-31(22,23)24-2/h3-15H2,1-2H3,(H,18,20)(H,19,21)(H,22,23). The predicted octanol–water partition coefficient (Wildman–Crippen LogP) is -0.915. The molecule has 0 aliphatic carbocycles. The van der Waals surface area contributed by atoms with E-state index in [0.717, 1.165) is 7.11 Å². The van der Waals surface area contributed by atoms with Crippen molar-refractivity contribution < 1.29 is 51.8 Å². The van der Waals surface area contributed by atoms with Gasteiger partial charge in [0.2, 0.25) is 11.8 Å². The van der Waals surface area contributed by atoms with E-state index in [9.17, 15) is 14.2 Å². The highest BCUT2D eigenvalue weighted by Crippen LogP contribution is 2.41. The molecule has 1 unspecified atom stereocenters. The zero-order valence-electron chi connectivity index (χ0n) is 18.2. The first-order valence-corrected chi connectivity index (χ1v) is 11.3. The van der Waals surface area contributed by atoms with Gasteiger partial charge in [-0.05, 0) is 0 Å². The van der Waals surface area contributed by atoms with Crippen LogP contribution in [0.15, 0.2) is 0 Å². The molecular weight excluding hydrogens is 439 g/mol. The van der Waals surface area contributed by atoms with Crippen LogP contribution in [0.1, 0.15) is 6.92 Å². The summed E-state index contributed by atoms with van der Waals surface area (Å²) in [5, 5.41) is 5.26. The molecule has 0 rings (SSSR count). The van der Waals surface area contributed by atoms with Gasteiger partial charge in [-0.2, -0.15) is 0 Å². The third-order valence-corrected chi connectivity index (χ3v) is 4.22.